The second kappa shape index (κ2) is 9.39. The highest BCUT2D eigenvalue weighted by Gasteiger charge is 2.34. The van der Waals surface area contributed by atoms with E-state index in [1.807, 2.05) is 0 Å². The number of halogens is 4. The van der Waals surface area contributed by atoms with Crippen LogP contribution in [0.5, 0.6) is 0 Å². The number of benzene rings is 2. The first-order valence-electron chi connectivity index (χ1n) is 7.93. The van der Waals surface area contributed by atoms with Gasteiger partial charge in [0.1, 0.15) is 11.5 Å². The third kappa shape index (κ3) is 6.47. The Morgan fingerprint density at radius 3 is 1.76 bits per heavy atom. The normalized spacial score (nSPS) is 17.0. The zero-order chi connectivity index (χ0) is 18.3. The van der Waals surface area contributed by atoms with Gasteiger partial charge in [0.25, 0.3) is 0 Å². The summed E-state index contributed by atoms with van der Waals surface area (Å²) in [7, 11) is -5.56. The molecule has 1 saturated heterocycles. The molecule has 0 spiro atoms. The standard InChI is InChI=1S/C18H19S2.BF4/c1-2-20-14-13-19-18(20)17(15-9-5-3-6-10-15)16-11-7-4-8-12-16;2-1(3,4)5/h3-12H,2,13-14H2,1H3;/q+1;-1. The number of thioether (sulfide) groups is 1. The van der Waals surface area contributed by atoms with Crippen molar-refractivity contribution in [1.82, 2.24) is 0 Å². The summed E-state index contributed by atoms with van der Waals surface area (Å²) in [5.41, 5.74) is 4.17. The molecule has 0 aromatic heterocycles. The molecule has 25 heavy (non-hydrogen) atoms. The van der Waals surface area contributed by atoms with Crippen LogP contribution in [0.15, 0.2) is 64.9 Å². The average molecular weight is 386 g/mol. The van der Waals surface area contributed by atoms with Gasteiger partial charge >= 0.3 is 7.25 Å². The molecule has 7 heteroatoms. The molecule has 1 atom stereocenters. The number of rotatable bonds is 3. The number of hydrogen-bond donors (Lipinski definition) is 0. The molecule has 0 nitrogen and oxygen atoms in total. The predicted octanol–water partition coefficient (Wildman–Crippen LogP) is 6.09. The van der Waals surface area contributed by atoms with Gasteiger partial charge in [0, 0.05) is 16.6 Å². The SMILES string of the molecule is CC[S+]1CCSC1=C(c1ccccc1)c1ccccc1.F[B-](F)(F)F. The second-order valence-corrected chi connectivity index (χ2v) is 8.97. The summed E-state index contributed by atoms with van der Waals surface area (Å²) < 4.78 is 40.6. The Balaban J connectivity index is 0.000000399. The lowest BCUT2D eigenvalue weighted by Crippen LogP contribution is -2.07. The molecule has 0 aliphatic carbocycles. The van der Waals surface area contributed by atoms with Crippen LogP contribution in [-0.4, -0.2) is 24.5 Å². The van der Waals surface area contributed by atoms with Gasteiger partial charge in [0.15, 0.2) is 4.24 Å². The molecule has 0 N–H and O–H groups in total. The van der Waals surface area contributed by atoms with Crippen molar-refractivity contribution in [1.29, 1.82) is 0 Å². The Bertz CT molecular complexity index is 640. The van der Waals surface area contributed by atoms with Crippen LogP contribution in [0, 0.1) is 0 Å². The van der Waals surface area contributed by atoms with Crippen molar-refractivity contribution in [3.63, 3.8) is 0 Å². The van der Waals surface area contributed by atoms with E-state index in [2.05, 4.69) is 79.3 Å². The van der Waals surface area contributed by atoms with Gasteiger partial charge in [-0.3, -0.25) is 0 Å². The smallest absolute Gasteiger partial charge is 0.418 e. The maximum absolute atomic E-state index is 9.75. The number of hydrogen-bond acceptors (Lipinski definition) is 1. The van der Waals surface area contributed by atoms with Gasteiger partial charge in [0.05, 0.1) is 5.57 Å². The lowest BCUT2D eigenvalue weighted by molar-refractivity contribution is 0.368. The fraction of sp³-hybridized carbons (Fsp3) is 0.222. The van der Waals surface area contributed by atoms with Gasteiger partial charge in [-0.15, -0.1) is 0 Å². The molecule has 2 aromatic rings. The molecule has 3 rings (SSSR count). The van der Waals surface area contributed by atoms with Gasteiger partial charge in [-0.05, 0) is 18.1 Å². The van der Waals surface area contributed by atoms with Crippen LogP contribution in [0.25, 0.3) is 5.57 Å². The van der Waals surface area contributed by atoms with Gasteiger partial charge in [-0.1, -0.05) is 72.4 Å². The van der Waals surface area contributed by atoms with Crippen molar-refractivity contribution in [2.24, 2.45) is 0 Å². The average Bonchev–Trinajstić information content (AvgIpc) is 3.04. The van der Waals surface area contributed by atoms with E-state index in [0.717, 1.165) is 0 Å². The molecule has 1 aliphatic heterocycles. The third-order valence-corrected chi connectivity index (χ3v) is 7.82. The Labute approximate surface area is 153 Å². The Kier molecular flexibility index (Phi) is 7.50. The van der Waals surface area contributed by atoms with E-state index in [0.29, 0.717) is 10.9 Å². The minimum absolute atomic E-state index is 0.439. The Morgan fingerprint density at radius 1 is 0.920 bits per heavy atom. The van der Waals surface area contributed by atoms with E-state index in [-0.39, 0.29) is 0 Å². The highest BCUT2D eigenvalue weighted by atomic mass is 32.2. The second-order valence-electron chi connectivity index (χ2n) is 5.22. The van der Waals surface area contributed by atoms with Crippen LogP contribution in [0.4, 0.5) is 17.3 Å². The Morgan fingerprint density at radius 2 is 1.36 bits per heavy atom. The molecule has 1 fully saturated rings. The van der Waals surface area contributed by atoms with Crippen LogP contribution in [0.3, 0.4) is 0 Å². The van der Waals surface area contributed by atoms with Crippen LogP contribution in [-0.2, 0) is 10.9 Å². The summed E-state index contributed by atoms with van der Waals surface area (Å²) in [5.74, 6) is 3.89. The molecule has 0 amide bonds. The van der Waals surface area contributed by atoms with Gasteiger partial charge < -0.3 is 17.3 Å². The van der Waals surface area contributed by atoms with E-state index >= 15 is 0 Å². The molecule has 0 radical (unpaired) electrons. The van der Waals surface area contributed by atoms with E-state index < -0.39 is 7.25 Å². The first-order valence-corrected chi connectivity index (χ1v) is 10.5. The van der Waals surface area contributed by atoms with Gasteiger partial charge in [-0.2, -0.15) is 0 Å². The molecule has 1 unspecified atom stereocenters. The quantitative estimate of drug-likeness (QED) is 0.350. The van der Waals surface area contributed by atoms with E-state index in [1.54, 1.807) is 4.24 Å². The highest BCUT2D eigenvalue weighted by Crippen LogP contribution is 2.41. The van der Waals surface area contributed by atoms with Crippen LogP contribution in [0.2, 0.25) is 0 Å². The predicted molar refractivity (Wildman–Crippen MR) is 104 cm³/mol. The topological polar surface area (TPSA) is 0 Å². The first kappa shape index (κ1) is 20.0. The summed E-state index contributed by atoms with van der Waals surface area (Å²) in [6.07, 6.45) is 0. The zero-order valence-electron chi connectivity index (χ0n) is 13.8. The Hall–Kier alpha value is -1.34. The fourth-order valence-corrected chi connectivity index (χ4v) is 7.00. The van der Waals surface area contributed by atoms with Crippen LogP contribution < -0.4 is 0 Å². The summed E-state index contributed by atoms with van der Waals surface area (Å²) in [5, 5.41) is 0. The molecule has 134 valence electrons. The molecule has 0 bridgehead atoms. The van der Waals surface area contributed by atoms with Crippen LogP contribution in [0.1, 0.15) is 18.1 Å². The molecule has 1 aliphatic rings. The van der Waals surface area contributed by atoms with Crippen molar-refractivity contribution in [3.8, 4) is 0 Å². The van der Waals surface area contributed by atoms with Crippen molar-refractivity contribution in [2.75, 3.05) is 17.3 Å². The lowest BCUT2D eigenvalue weighted by Gasteiger charge is -2.10. The van der Waals surface area contributed by atoms with E-state index in [9.17, 15) is 17.3 Å². The fourth-order valence-electron chi connectivity index (χ4n) is 2.51. The highest BCUT2D eigenvalue weighted by molar-refractivity contribution is 8.24. The summed E-state index contributed by atoms with van der Waals surface area (Å²) in [6.45, 7) is 2.32. The van der Waals surface area contributed by atoms with Crippen molar-refractivity contribution in [3.05, 3.63) is 76.0 Å². The minimum atomic E-state index is -6.00. The first-order chi connectivity index (χ1) is 11.9. The van der Waals surface area contributed by atoms with E-state index in [1.165, 1.54) is 34.0 Å². The van der Waals surface area contributed by atoms with Crippen molar-refractivity contribution < 1.29 is 17.3 Å². The zero-order valence-corrected chi connectivity index (χ0v) is 15.4. The molecule has 2 aromatic carbocycles. The summed E-state index contributed by atoms with van der Waals surface area (Å²) >= 11 is 2.06. The molecular weight excluding hydrogens is 367 g/mol. The molecule has 0 saturated carbocycles. The molecular formula is C18H19BF4S2. The van der Waals surface area contributed by atoms with Gasteiger partial charge in [0.2, 0.25) is 0 Å². The molecule has 1 heterocycles. The minimum Gasteiger partial charge on any atom is -0.418 e. The summed E-state index contributed by atoms with van der Waals surface area (Å²) in [6, 6.07) is 21.7. The van der Waals surface area contributed by atoms with Crippen LogP contribution >= 0.6 is 11.8 Å². The lowest BCUT2D eigenvalue weighted by atomic mass is 10.00. The van der Waals surface area contributed by atoms with Crippen molar-refractivity contribution in [2.45, 2.75) is 6.92 Å². The third-order valence-electron chi connectivity index (χ3n) is 3.50. The van der Waals surface area contributed by atoms with E-state index in [4.69, 9.17) is 0 Å². The van der Waals surface area contributed by atoms with Crippen molar-refractivity contribution >= 4 is 35.5 Å². The maximum Gasteiger partial charge on any atom is 0.673 e. The maximum atomic E-state index is 9.75. The van der Waals surface area contributed by atoms with Gasteiger partial charge in [-0.25, -0.2) is 0 Å². The summed E-state index contributed by atoms with van der Waals surface area (Å²) in [4.78, 5) is 0. The largest absolute Gasteiger partial charge is 0.673 e. The monoisotopic (exact) mass is 386 g/mol.